The lowest BCUT2D eigenvalue weighted by molar-refractivity contribution is -0.136. The lowest BCUT2D eigenvalue weighted by Gasteiger charge is -2.07. The molecule has 0 fully saturated rings. The highest BCUT2D eigenvalue weighted by Crippen LogP contribution is 2.17. The molecule has 0 aliphatic rings. The monoisotopic (exact) mass is 210 g/mol. The molecule has 0 aromatic carbocycles. The third kappa shape index (κ3) is 6.95. The van der Waals surface area contributed by atoms with Crippen molar-refractivity contribution in [3.05, 3.63) is 22.8 Å². The predicted molar refractivity (Wildman–Crippen MR) is 63.9 cm³/mol. The number of allylic oxidation sites excluding steroid dienone is 3. The Bertz CT molecular complexity index is 268. The van der Waals surface area contributed by atoms with Gasteiger partial charge in [-0.25, -0.2) is 0 Å². The summed E-state index contributed by atoms with van der Waals surface area (Å²) in [5.74, 6) is -0.728. The first-order chi connectivity index (χ1) is 6.97. The fraction of sp³-hybridized carbons (Fsp3) is 0.615. The summed E-state index contributed by atoms with van der Waals surface area (Å²) in [6.07, 6.45) is 5.21. The van der Waals surface area contributed by atoms with Crippen molar-refractivity contribution in [1.29, 1.82) is 0 Å². The van der Waals surface area contributed by atoms with Gasteiger partial charge in [-0.2, -0.15) is 0 Å². The Balaban J connectivity index is 4.32. The highest BCUT2D eigenvalue weighted by atomic mass is 16.4. The molecule has 86 valence electrons. The molecule has 0 bridgehead atoms. The Hall–Kier alpha value is -1.05. The van der Waals surface area contributed by atoms with Gasteiger partial charge in [-0.1, -0.05) is 29.7 Å². The Morgan fingerprint density at radius 3 is 2.27 bits per heavy atom. The number of hydrogen-bond acceptors (Lipinski definition) is 1. The maximum absolute atomic E-state index is 10.6. The van der Waals surface area contributed by atoms with Gasteiger partial charge in [-0.05, 0) is 40.0 Å². The van der Waals surface area contributed by atoms with Crippen LogP contribution in [-0.2, 0) is 4.79 Å². The van der Waals surface area contributed by atoms with Gasteiger partial charge in [0.1, 0.15) is 0 Å². The molecule has 0 aromatic heterocycles. The zero-order valence-electron chi connectivity index (χ0n) is 10.3. The van der Waals surface area contributed by atoms with Gasteiger partial charge >= 0.3 is 5.97 Å². The lowest BCUT2D eigenvalue weighted by atomic mass is 9.99. The van der Waals surface area contributed by atoms with E-state index in [2.05, 4.69) is 19.9 Å². The summed E-state index contributed by atoms with van der Waals surface area (Å²) < 4.78 is 0. The van der Waals surface area contributed by atoms with Crippen LogP contribution in [0.4, 0.5) is 0 Å². The molecule has 0 aromatic rings. The van der Waals surface area contributed by atoms with Crippen molar-refractivity contribution in [2.45, 2.75) is 53.4 Å². The molecular formula is C13H22O2. The van der Waals surface area contributed by atoms with Crippen LogP contribution in [0.2, 0.25) is 0 Å². The minimum atomic E-state index is -0.728. The normalized spacial score (nSPS) is 12.0. The first-order valence-corrected chi connectivity index (χ1v) is 5.50. The topological polar surface area (TPSA) is 37.3 Å². The number of carboxylic acids is 1. The summed E-state index contributed by atoms with van der Waals surface area (Å²) in [7, 11) is 0. The smallest absolute Gasteiger partial charge is 0.307 e. The Morgan fingerprint density at radius 1 is 1.27 bits per heavy atom. The van der Waals surface area contributed by atoms with E-state index in [9.17, 15) is 4.79 Å². The molecule has 2 heteroatoms. The SMILES string of the molecule is CC/C(CC(=O)O)=C(\C)CCC=C(C)C. The van der Waals surface area contributed by atoms with Crippen LogP contribution in [0.25, 0.3) is 0 Å². The van der Waals surface area contributed by atoms with E-state index in [-0.39, 0.29) is 6.42 Å². The largest absolute Gasteiger partial charge is 0.481 e. The van der Waals surface area contributed by atoms with Crippen LogP contribution >= 0.6 is 0 Å². The first-order valence-electron chi connectivity index (χ1n) is 5.50. The summed E-state index contributed by atoms with van der Waals surface area (Å²) in [6, 6.07) is 0. The minimum Gasteiger partial charge on any atom is -0.481 e. The van der Waals surface area contributed by atoms with Crippen LogP contribution in [0.3, 0.4) is 0 Å². The average Bonchev–Trinajstić information content (AvgIpc) is 2.13. The second-order valence-electron chi connectivity index (χ2n) is 4.13. The van der Waals surface area contributed by atoms with Crippen LogP contribution in [0.15, 0.2) is 22.8 Å². The molecule has 0 rings (SSSR count). The van der Waals surface area contributed by atoms with Gasteiger partial charge in [0.2, 0.25) is 0 Å². The van der Waals surface area contributed by atoms with Gasteiger partial charge in [0.15, 0.2) is 0 Å². The van der Waals surface area contributed by atoms with Crippen LogP contribution in [0, 0.1) is 0 Å². The molecule has 0 saturated heterocycles. The number of rotatable bonds is 6. The molecule has 0 saturated carbocycles. The van der Waals surface area contributed by atoms with Crippen molar-refractivity contribution in [2.75, 3.05) is 0 Å². The maximum atomic E-state index is 10.6. The molecule has 2 nitrogen and oxygen atoms in total. The molecule has 1 N–H and O–H groups in total. The third-order valence-electron chi connectivity index (χ3n) is 2.47. The van der Waals surface area contributed by atoms with Crippen LogP contribution in [-0.4, -0.2) is 11.1 Å². The molecular weight excluding hydrogens is 188 g/mol. The van der Waals surface area contributed by atoms with Gasteiger partial charge in [0.25, 0.3) is 0 Å². The van der Waals surface area contributed by atoms with Gasteiger partial charge in [-0.3, -0.25) is 4.79 Å². The molecule has 0 aliphatic heterocycles. The molecule has 0 heterocycles. The number of carboxylic acid groups (broad SMARTS) is 1. The fourth-order valence-electron chi connectivity index (χ4n) is 1.51. The van der Waals surface area contributed by atoms with E-state index in [1.54, 1.807) is 0 Å². The van der Waals surface area contributed by atoms with E-state index in [0.29, 0.717) is 0 Å². The standard InChI is InChI=1S/C13H22O2/c1-5-12(9-13(14)15)11(4)8-6-7-10(2)3/h7H,5-6,8-9H2,1-4H3,(H,14,15)/b12-11-. The van der Waals surface area contributed by atoms with Crippen molar-refractivity contribution >= 4 is 5.97 Å². The Morgan fingerprint density at radius 2 is 1.87 bits per heavy atom. The van der Waals surface area contributed by atoms with Crippen molar-refractivity contribution in [3.63, 3.8) is 0 Å². The number of carbonyl (C=O) groups is 1. The number of hydrogen-bond donors (Lipinski definition) is 1. The van der Waals surface area contributed by atoms with E-state index in [1.807, 2.05) is 13.8 Å². The van der Waals surface area contributed by atoms with Crippen LogP contribution in [0.5, 0.6) is 0 Å². The molecule has 0 spiro atoms. The highest BCUT2D eigenvalue weighted by Gasteiger charge is 2.05. The lowest BCUT2D eigenvalue weighted by Crippen LogP contribution is -1.99. The van der Waals surface area contributed by atoms with E-state index >= 15 is 0 Å². The third-order valence-corrected chi connectivity index (χ3v) is 2.47. The van der Waals surface area contributed by atoms with Crippen molar-refractivity contribution < 1.29 is 9.90 Å². The van der Waals surface area contributed by atoms with E-state index in [4.69, 9.17) is 5.11 Å². The van der Waals surface area contributed by atoms with E-state index in [1.165, 1.54) is 11.1 Å². The molecule has 0 aliphatic carbocycles. The quantitative estimate of drug-likeness (QED) is 0.674. The molecule has 0 unspecified atom stereocenters. The van der Waals surface area contributed by atoms with Gasteiger partial charge in [0.05, 0.1) is 6.42 Å². The second-order valence-corrected chi connectivity index (χ2v) is 4.13. The molecule has 15 heavy (non-hydrogen) atoms. The highest BCUT2D eigenvalue weighted by molar-refractivity contribution is 5.70. The Kier molecular flexibility index (Phi) is 6.76. The average molecular weight is 210 g/mol. The fourth-order valence-corrected chi connectivity index (χ4v) is 1.51. The molecule has 0 atom stereocenters. The summed E-state index contributed by atoms with van der Waals surface area (Å²) in [6.45, 7) is 8.22. The van der Waals surface area contributed by atoms with Crippen molar-refractivity contribution in [3.8, 4) is 0 Å². The van der Waals surface area contributed by atoms with E-state index in [0.717, 1.165) is 24.8 Å². The van der Waals surface area contributed by atoms with E-state index < -0.39 is 5.97 Å². The maximum Gasteiger partial charge on any atom is 0.307 e. The summed E-state index contributed by atoms with van der Waals surface area (Å²) in [4.78, 5) is 10.6. The predicted octanol–water partition coefficient (Wildman–Crippen LogP) is 3.93. The zero-order valence-corrected chi connectivity index (χ0v) is 10.3. The van der Waals surface area contributed by atoms with Gasteiger partial charge in [0, 0.05) is 0 Å². The zero-order chi connectivity index (χ0) is 11.8. The van der Waals surface area contributed by atoms with Gasteiger partial charge < -0.3 is 5.11 Å². The number of aliphatic carboxylic acids is 1. The summed E-state index contributed by atoms with van der Waals surface area (Å²) in [5, 5.41) is 8.73. The molecule has 0 amide bonds. The summed E-state index contributed by atoms with van der Waals surface area (Å²) in [5.41, 5.74) is 3.63. The molecule has 0 radical (unpaired) electrons. The second kappa shape index (κ2) is 7.27. The van der Waals surface area contributed by atoms with Crippen LogP contribution < -0.4 is 0 Å². The van der Waals surface area contributed by atoms with Crippen LogP contribution in [0.1, 0.15) is 53.4 Å². The van der Waals surface area contributed by atoms with Gasteiger partial charge in [-0.15, -0.1) is 0 Å². The first kappa shape index (κ1) is 13.9. The Labute approximate surface area is 92.7 Å². The summed E-state index contributed by atoms with van der Waals surface area (Å²) >= 11 is 0. The minimum absolute atomic E-state index is 0.192. The van der Waals surface area contributed by atoms with Crippen molar-refractivity contribution in [1.82, 2.24) is 0 Å². The van der Waals surface area contributed by atoms with Crippen molar-refractivity contribution in [2.24, 2.45) is 0 Å².